The summed E-state index contributed by atoms with van der Waals surface area (Å²) >= 11 is 0. The second-order valence-electron chi connectivity index (χ2n) is 7.35. The molecule has 2 heterocycles. The van der Waals surface area contributed by atoms with Gasteiger partial charge >= 0.3 is 0 Å². The van der Waals surface area contributed by atoms with Crippen LogP contribution in [0.25, 0.3) is 0 Å². The van der Waals surface area contributed by atoms with Gasteiger partial charge in [-0.1, -0.05) is 0 Å². The quantitative estimate of drug-likeness (QED) is 0.570. The number of carbonyl (C=O) groups is 3. The Morgan fingerprint density at radius 2 is 1.97 bits per heavy atom. The summed E-state index contributed by atoms with van der Waals surface area (Å²) in [7, 11) is -2.67. The molecular formula is C19H25FN4O6S. The maximum absolute atomic E-state index is 13.2. The van der Waals surface area contributed by atoms with Crippen molar-refractivity contribution in [2.75, 3.05) is 39.9 Å². The minimum Gasteiger partial charge on any atom is -0.375 e. The molecule has 12 heteroatoms. The highest BCUT2D eigenvalue weighted by molar-refractivity contribution is 7.89. The molecule has 1 aromatic carbocycles. The van der Waals surface area contributed by atoms with Gasteiger partial charge in [0.15, 0.2) is 0 Å². The summed E-state index contributed by atoms with van der Waals surface area (Å²) in [5, 5.41) is 5.29. The molecule has 2 aliphatic rings. The van der Waals surface area contributed by atoms with E-state index in [1.807, 2.05) is 0 Å². The zero-order chi connectivity index (χ0) is 22.6. The number of nitrogens with one attached hydrogen (secondary N) is 2. The molecule has 31 heavy (non-hydrogen) atoms. The van der Waals surface area contributed by atoms with Crippen molar-refractivity contribution in [3.8, 4) is 0 Å². The predicted molar refractivity (Wildman–Crippen MR) is 107 cm³/mol. The molecule has 0 aliphatic carbocycles. The third-order valence-corrected chi connectivity index (χ3v) is 7.17. The third-order valence-electron chi connectivity index (χ3n) is 5.29. The number of sulfonamides is 1. The monoisotopic (exact) mass is 456 g/mol. The molecule has 0 saturated carbocycles. The molecule has 10 nitrogen and oxygen atoms in total. The molecule has 3 rings (SSSR count). The van der Waals surface area contributed by atoms with E-state index in [9.17, 15) is 27.2 Å². The van der Waals surface area contributed by atoms with Crippen LogP contribution in [0.2, 0.25) is 0 Å². The molecule has 0 radical (unpaired) electrons. The first kappa shape index (κ1) is 23.1. The minimum atomic E-state index is -4.01. The maximum Gasteiger partial charge on any atom is 0.249 e. The zero-order valence-electron chi connectivity index (χ0n) is 17.0. The first-order valence-electron chi connectivity index (χ1n) is 9.86. The molecule has 170 valence electrons. The van der Waals surface area contributed by atoms with Gasteiger partial charge in [-0.15, -0.1) is 0 Å². The Hall–Kier alpha value is -2.57. The summed E-state index contributed by atoms with van der Waals surface area (Å²) in [5.41, 5.74) is 0. The highest BCUT2D eigenvalue weighted by Crippen LogP contribution is 2.21. The molecule has 2 atom stereocenters. The van der Waals surface area contributed by atoms with Crippen LogP contribution in [0.5, 0.6) is 0 Å². The number of carbonyl (C=O) groups excluding carboxylic acids is 3. The Kier molecular flexibility index (Phi) is 7.23. The average Bonchev–Trinajstić information content (AvgIpc) is 2.75. The van der Waals surface area contributed by atoms with Crippen LogP contribution in [0, 0.1) is 5.82 Å². The zero-order valence-corrected chi connectivity index (χ0v) is 17.9. The first-order chi connectivity index (χ1) is 14.7. The fraction of sp³-hybridized carbons (Fsp3) is 0.526. The van der Waals surface area contributed by atoms with Crippen LogP contribution < -0.4 is 10.6 Å². The van der Waals surface area contributed by atoms with Crippen molar-refractivity contribution in [2.24, 2.45) is 0 Å². The van der Waals surface area contributed by atoms with Crippen molar-refractivity contribution in [3.05, 3.63) is 30.1 Å². The second kappa shape index (κ2) is 9.71. The molecule has 2 N–H and O–H groups in total. The Labute approximate surface area is 179 Å². The largest absolute Gasteiger partial charge is 0.375 e. The van der Waals surface area contributed by atoms with Crippen LogP contribution >= 0.6 is 0 Å². The van der Waals surface area contributed by atoms with E-state index in [-0.39, 0.29) is 37.0 Å². The Balaban J connectivity index is 1.82. The normalized spacial score (nSPS) is 22.6. The Morgan fingerprint density at radius 3 is 2.61 bits per heavy atom. The van der Waals surface area contributed by atoms with Gasteiger partial charge in [0.2, 0.25) is 27.7 Å². The van der Waals surface area contributed by atoms with Crippen LogP contribution in [-0.2, 0) is 29.1 Å². The number of amides is 3. The number of hydrogen-bond donors (Lipinski definition) is 2. The molecule has 0 bridgehead atoms. The summed E-state index contributed by atoms with van der Waals surface area (Å²) in [5.74, 6) is -1.97. The van der Waals surface area contributed by atoms with E-state index in [1.165, 1.54) is 12.0 Å². The van der Waals surface area contributed by atoms with Gasteiger partial charge in [-0.05, 0) is 37.1 Å². The van der Waals surface area contributed by atoms with Gasteiger partial charge in [-0.25, -0.2) is 12.8 Å². The standard InChI is InChI=1S/C19H25FN4O6S/c1-30-12-17(25)24-10-9-23(31(28,29)14-6-4-13(20)5-7-14)11-16(24)19(27)22-15-3-2-8-21-18(15)26/h4-7,15-16H,2-3,8-12H2,1H3,(H,21,26)(H,22,27). The molecule has 0 spiro atoms. The smallest absolute Gasteiger partial charge is 0.249 e. The van der Waals surface area contributed by atoms with E-state index in [4.69, 9.17) is 4.74 Å². The number of rotatable bonds is 6. The number of methoxy groups -OCH3 is 1. The number of hydrogen-bond acceptors (Lipinski definition) is 6. The molecular weight excluding hydrogens is 431 g/mol. The number of nitrogens with zero attached hydrogens (tertiary/aromatic N) is 2. The minimum absolute atomic E-state index is 0.0302. The Morgan fingerprint density at radius 1 is 1.26 bits per heavy atom. The number of halogens is 1. The van der Waals surface area contributed by atoms with E-state index in [0.29, 0.717) is 19.4 Å². The van der Waals surface area contributed by atoms with Gasteiger partial charge < -0.3 is 20.3 Å². The lowest BCUT2D eigenvalue weighted by Crippen LogP contribution is -2.64. The van der Waals surface area contributed by atoms with Gasteiger partial charge in [-0.2, -0.15) is 4.31 Å². The van der Waals surface area contributed by atoms with E-state index < -0.39 is 39.7 Å². The predicted octanol–water partition coefficient (Wildman–Crippen LogP) is -0.932. The fourth-order valence-corrected chi connectivity index (χ4v) is 5.08. The van der Waals surface area contributed by atoms with Crippen molar-refractivity contribution in [3.63, 3.8) is 0 Å². The number of piperidine rings is 1. The summed E-state index contributed by atoms with van der Waals surface area (Å²) in [6, 6.07) is 2.49. The van der Waals surface area contributed by atoms with Crippen LogP contribution in [0.1, 0.15) is 12.8 Å². The molecule has 0 aromatic heterocycles. The molecule has 3 amide bonds. The van der Waals surface area contributed by atoms with E-state index >= 15 is 0 Å². The molecule has 2 fully saturated rings. The van der Waals surface area contributed by atoms with Crippen LogP contribution in [-0.4, -0.2) is 87.3 Å². The van der Waals surface area contributed by atoms with Crippen molar-refractivity contribution in [1.82, 2.24) is 19.8 Å². The van der Waals surface area contributed by atoms with Gasteiger partial charge in [0.05, 0.1) is 4.90 Å². The van der Waals surface area contributed by atoms with E-state index in [0.717, 1.165) is 28.6 Å². The van der Waals surface area contributed by atoms with E-state index in [2.05, 4.69) is 10.6 Å². The lowest BCUT2D eigenvalue weighted by atomic mass is 10.1. The summed E-state index contributed by atoms with van der Waals surface area (Å²) < 4.78 is 45.1. The van der Waals surface area contributed by atoms with E-state index in [1.54, 1.807) is 0 Å². The van der Waals surface area contributed by atoms with Gasteiger partial charge in [0.1, 0.15) is 24.5 Å². The average molecular weight is 456 g/mol. The number of benzene rings is 1. The van der Waals surface area contributed by atoms with Crippen molar-refractivity contribution >= 4 is 27.7 Å². The first-order valence-corrected chi connectivity index (χ1v) is 11.3. The molecule has 1 aromatic rings. The lowest BCUT2D eigenvalue weighted by molar-refractivity contribution is -0.146. The highest BCUT2D eigenvalue weighted by Gasteiger charge is 2.41. The molecule has 2 unspecified atom stereocenters. The summed E-state index contributed by atoms with van der Waals surface area (Å²) in [6.45, 7) is -0.106. The van der Waals surface area contributed by atoms with Crippen LogP contribution in [0.4, 0.5) is 4.39 Å². The number of ether oxygens (including phenoxy) is 1. The highest BCUT2D eigenvalue weighted by atomic mass is 32.2. The number of piperazine rings is 1. The fourth-order valence-electron chi connectivity index (χ4n) is 3.64. The van der Waals surface area contributed by atoms with Gasteiger partial charge in [0, 0.05) is 33.3 Å². The van der Waals surface area contributed by atoms with Gasteiger partial charge in [-0.3, -0.25) is 14.4 Å². The summed E-state index contributed by atoms with van der Waals surface area (Å²) in [6.07, 6.45) is 1.15. The SMILES string of the molecule is COCC(=O)N1CCN(S(=O)(=O)c2ccc(F)cc2)CC1C(=O)NC1CCCNC1=O. The maximum atomic E-state index is 13.2. The summed E-state index contributed by atoms with van der Waals surface area (Å²) in [4.78, 5) is 38.6. The molecule has 2 aliphatic heterocycles. The van der Waals surface area contributed by atoms with Crippen molar-refractivity contribution in [2.45, 2.75) is 29.8 Å². The second-order valence-corrected chi connectivity index (χ2v) is 9.29. The van der Waals surface area contributed by atoms with Crippen molar-refractivity contribution in [1.29, 1.82) is 0 Å². The van der Waals surface area contributed by atoms with Gasteiger partial charge in [0.25, 0.3) is 0 Å². The third kappa shape index (κ3) is 5.20. The van der Waals surface area contributed by atoms with Crippen LogP contribution in [0.15, 0.2) is 29.2 Å². The van der Waals surface area contributed by atoms with Crippen molar-refractivity contribution < 1.29 is 31.9 Å². The topological polar surface area (TPSA) is 125 Å². The lowest BCUT2D eigenvalue weighted by Gasteiger charge is -2.40. The van der Waals surface area contributed by atoms with Crippen LogP contribution in [0.3, 0.4) is 0 Å². The Bertz CT molecular complexity index is 939. The molecule has 2 saturated heterocycles.